The van der Waals surface area contributed by atoms with Crippen molar-refractivity contribution in [3.05, 3.63) is 104 Å². The van der Waals surface area contributed by atoms with Crippen LogP contribution in [-0.2, 0) is 33.9 Å². The Labute approximate surface area is 299 Å². The van der Waals surface area contributed by atoms with Crippen molar-refractivity contribution in [2.45, 2.75) is 26.1 Å². The first kappa shape index (κ1) is 38.0. The van der Waals surface area contributed by atoms with Crippen LogP contribution in [0.2, 0.25) is 10.3 Å². The second kappa shape index (κ2) is 20.7. The van der Waals surface area contributed by atoms with Gasteiger partial charge < -0.3 is 30.8 Å². The smallest absolute Gasteiger partial charge is 0.407 e. The van der Waals surface area contributed by atoms with Crippen LogP contribution in [0.25, 0.3) is 10.3 Å². The summed E-state index contributed by atoms with van der Waals surface area (Å²) in [7, 11) is 0. The fraction of sp³-hybridized carbons (Fsp3) is 0.200. The van der Waals surface area contributed by atoms with Gasteiger partial charge in [0.2, 0.25) is 5.24 Å². The van der Waals surface area contributed by atoms with Crippen molar-refractivity contribution in [2.75, 3.05) is 18.8 Å². The number of hydrogen-bond acceptors (Lipinski definition) is 12. The van der Waals surface area contributed by atoms with Gasteiger partial charge in [-0.15, -0.1) is 0 Å². The van der Waals surface area contributed by atoms with Gasteiger partial charge in [0.1, 0.15) is 40.7 Å². The van der Waals surface area contributed by atoms with Crippen molar-refractivity contribution in [1.82, 2.24) is 35.6 Å². The van der Waals surface area contributed by atoms with E-state index >= 15 is 0 Å². The molecule has 0 aliphatic rings. The molecule has 0 radical (unpaired) electrons. The van der Waals surface area contributed by atoms with Crippen molar-refractivity contribution in [3.8, 4) is 0 Å². The number of benzene rings is 2. The third-order valence-electron chi connectivity index (χ3n) is 5.66. The van der Waals surface area contributed by atoms with Crippen LogP contribution in [0.1, 0.15) is 22.6 Å². The van der Waals surface area contributed by atoms with Gasteiger partial charge >= 0.3 is 12.2 Å². The highest BCUT2D eigenvalue weighted by Crippen LogP contribution is 2.24. The Morgan fingerprint density at radius 3 is 1.98 bits per heavy atom. The van der Waals surface area contributed by atoms with Crippen molar-refractivity contribution >= 4 is 91.8 Å². The van der Waals surface area contributed by atoms with Crippen LogP contribution in [0.5, 0.6) is 0 Å². The molecule has 3 aromatic heterocycles. The first-order valence-electron chi connectivity index (χ1n) is 13.9. The first-order chi connectivity index (χ1) is 23.1. The average Bonchev–Trinajstić information content (AvgIpc) is 3.51. The first-order valence-corrected chi connectivity index (χ1v) is 16.3. The lowest BCUT2D eigenvalue weighted by atomic mass is 10.2. The number of hydrogen-bond donors (Lipinski definition) is 4. The van der Waals surface area contributed by atoms with Gasteiger partial charge in [0.25, 0.3) is 0 Å². The molecular weight excluding hydrogens is 723 g/mol. The SMILES string of the molecule is Nc1c(Cl)[nH]cnc1=S.O=C(Cl)CCNC(=O)OCc1ccccc1.O=C(NCCc1nc2c(Cl)ncnc2s1)OCc1ccccc1. The Bertz CT molecular complexity index is 1830. The van der Waals surface area contributed by atoms with E-state index in [-0.39, 0.29) is 26.2 Å². The fourth-order valence-electron chi connectivity index (χ4n) is 3.35. The van der Waals surface area contributed by atoms with Gasteiger partial charge in [0.05, 0.1) is 11.3 Å². The van der Waals surface area contributed by atoms with E-state index in [1.54, 1.807) is 0 Å². The van der Waals surface area contributed by atoms with Gasteiger partial charge in [-0.2, -0.15) is 0 Å². The molecule has 0 aliphatic carbocycles. The molecule has 0 bridgehead atoms. The highest BCUT2D eigenvalue weighted by atomic mass is 35.5. The van der Waals surface area contributed by atoms with Crippen LogP contribution in [-0.4, -0.2) is 55.4 Å². The number of amides is 2. The summed E-state index contributed by atoms with van der Waals surface area (Å²) in [5.74, 6) is 0. The van der Waals surface area contributed by atoms with Crippen LogP contribution in [0.15, 0.2) is 73.3 Å². The molecule has 0 saturated heterocycles. The number of nitrogens with two attached hydrogens (primary N) is 1. The summed E-state index contributed by atoms with van der Waals surface area (Å²) in [5, 5.41) is 6.15. The largest absolute Gasteiger partial charge is 0.445 e. The number of ether oxygens (including phenoxy) is 2. The molecule has 2 aromatic carbocycles. The number of anilines is 1. The molecule has 0 atom stereocenters. The lowest BCUT2D eigenvalue weighted by Gasteiger charge is -2.06. The molecule has 252 valence electrons. The summed E-state index contributed by atoms with van der Waals surface area (Å²) < 4.78 is 10.4. The molecule has 48 heavy (non-hydrogen) atoms. The summed E-state index contributed by atoms with van der Waals surface area (Å²) in [6.45, 7) is 1.08. The van der Waals surface area contributed by atoms with E-state index in [2.05, 4.69) is 35.6 Å². The number of carbonyl (C=O) groups is 3. The van der Waals surface area contributed by atoms with Crippen molar-refractivity contribution in [2.24, 2.45) is 0 Å². The Morgan fingerprint density at radius 2 is 1.46 bits per heavy atom. The molecule has 0 unspecified atom stereocenters. The second-order valence-electron chi connectivity index (χ2n) is 9.19. The number of fused-ring (bicyclic) bond motifs is 1. The van der Waals surface area contributed by atoms with Crippen LogP contribution < -0.4 is 16.4 Å². The van der Waals surface area contributed by atoms with Gasteiger partial charge in [0, 0.05) is 25.9 Å². The lowest BCUT2D eigenvalue weighted by Crippen LogP contribution is -2.26. The minimum absolute atomic E-state index is 0.0992. The molecule has 2 amide bonds. The number of alkyl carbamates (subject to hydrolysis) is 2. The normalized spacial score (nSPS) is 10.1. The van der Waals surface area contributed by atoms with Crippen molar-refractivity contribution in [1.29, 1.82) is 0 Å². The minimum atomic E-state index is -0.554. The Balaban J connectivity index is 0.000000216. The maximum absolute atomic E-state index is 11.6. The van der Waals surface area contributed by atoms with E-state index in [4.69, 9.17) is 62.2 Å². The summed E-state index contributed by atoms with van der Waals surface area (Å²) in [6, 6.07) is 18.8. The Hall–Kier alpha value is -4.41. The Kier molecular flexibility index (Phi) is 16.4. The molecule has 0 spiro atoms. The third kappa shape index (κ3) is 14.1. The standard InChI is InChI=1S/C15H13ClN4O2S.C11H12ClNO3.C4H4ClN3S/c16-13-12-14(19-9-18-13)23-11(20-12)6-7-17-15(21)22-8-10-4-2-1-3-5-10;12-10(14)6-7-13-11(15)16-8-9-4-2-1-3-5-9;5-3-2(6)4(9)8-1-7-3/h1-5,9H,6-8H2,(H,17,21);1-5H,6-8H2,(H,13,15);1H,6H2,(H,7,8,9). The third-order valence-corrected chi connectivity index (χ3v) is 7.79. The highest BCUT2D eigenvalue weighted by Gasteiger charge is 2.10. The molecule has 0 fully saturated rings. The number of nitrogens with one attached hydrogen (secondary N) is 3. The van der Waals surface area contributed by atoms with Crippen LogP contribution >= 0.6 is 58.4 Å². The molecule has 5 N–H and O–H groups in total. The van der Waals surface area contributed by atoms with E-state index < -0.39 is 17.4 Å². The fourth-order valence-corrected chi connectivity index (χ4v) is 4.93. The van der Waals surface area contributed by atoms with Gasteiger partial charge in [-0.1, -0.05) is 107 Å². The van der Waals surface area contributed by atoms with Crippen LogP contribution in [0.4, 0.5) is 15.3 Å². The van der Waals surface area contributed by atoms with Crippen molar-refractivity contribution in [3.63, 3.8) is 0 Å². The number of thiazole rings is 1. The zero-order valence-corrected chi connectivity index (χ0v) is 28.9. The molecule has 3 heterocycles. The quantitative estimate of drug-likeness (QED) is 0.0680. The molecule has 13 nitrogen and oxygen atoms in total. The number of rotatable bonds is 10. The van der Waals surface area contributed by atoms with E-state index in [1.165, 1.54) is 24.0 Å². The molecule has 0 aliphatic heterocycles. The van der Waals surface area contributed by atoms with Gasteiger partial charge in [-0.05, 0) is 22.7 Å². The van der Waals surface area contributed by atoms with Crippen LogP contribution in [0.3, 0.4) is 0 Å². The molecular formula is C30H29Cl3N8O5S2. The van der Waals surface area contributed by atoms with Crippen molar-refractivity contribution < 1.29 is 23.9 Å². The molecule has 0 saturated carbocycles. The van der Waals surface area contributed by atoms with Crippen LogP contribution in [0, 0.1) is 4.64 Å². The lowest BCUT2D eigenvalue weighted by molar-refractivity contribution is -0.111. The summed E-state index contributed by atoms with van der Waals surface area (Å²) in [6.07, 6.45) is 2.49. The van der Waals surface area contributed by atoms with E-state index in [1.807, 2.05) is 60.7 Å². The van der Waals surface area contributed by atoms with E-state index in [9.17, 15) is 14.4 Å². The number of carbonyl (C=O) groups excluding carboxylic acids is 3. The molecule has 5 rings (SSSR count). The summed E-state index contributed by atoms with van der Waals surface area (Å²) >= 11 is 22.7. The predicted octanol–water partition coefficient (Wildman–Crippen LogP) is 6.65. The molecule has 5 aromatic rings. The van der Waals surface area contributed by atoms with E-state index in [0.717, 1.165) is 21.0 Å². The maximum Gasteiger partial charge on any atom is 0.407 e. The number of H-pyrrole nitrogens is 1. The highest BCUT2D eigenvalue weighted by molar-refractivity contribution is 7.71. The number of aromatic nitrogens is 5. The van der Waals surface area contributed by atoms with E-state index in [0.29, 0.717) is 39.1 Å². The average molecular weight is 752 g/mol. The topological polar surface area (TPSA) is 187 Å². The number of halogens is 3. The van der Waals surface area contributed by atoms with Gasteiger partial charge in [-0.25, -0.2) is 29.5 Å². The zero-order chi connectivity index (χ0) is 34.7. The Morgan fingerprint density at radius 1 is 0.875 bits per heavy atom. The summed E-state index contributed by atoms with van der Waals surface area (Å²) in [4.78, 5) is 52.5. The number of nitrogens with zero attached hydrogens (tertiary/aromatic N) is 4. The second-order valence-corrected chi connectivity index (χ2v) is 11.8. The zero-order valence-electron chi connectivity index (χ0n) is 25.0. The monoisotopic (exact) mass is 750 g/mol. The predicted molar refractivity (Wildman–Crippen MR) is 188 cm³/mol. The minimum Gasteiger partial charge on any atom is -0.445 e. The number of aromatic amines is 1. The molecule has 18 heteroatoms. The van der Waals surface area contributed by atoms with Gasteiger partial charge in [-0.3, -0.25) is 4.79 Å². The maximum atomic E-state index is 11.6. The summed E-state index contributed by atoms with van der Waals surface area (Å²) in [5.41, 5.74) is 8.13. The number of nitrogen functional groups attached to an aromatic ring is 1. The van der Waals surface area contributed by atoms with Gasteiger partial charge in [0.15, 0.2) is 9.79 Å².